The molecule has 0 spiro atoms. The number of methoxy groups -OCH3 is 2. The van der Waals surface area contributed by atoms with Crippen LogP contribution in [0.2, 0.25) is 0 Å². The van der Waals surface area contributed by atoms with E-state index in [9.17, 15) is 0 Å². The Hall–Kier alpha value is -2.96. The van der Waals surface area contributed by atoms with Crippen LogP contribution in [-0.2, 0) is 6.42 Å². The van der Waals surface area contributed by atoms with Gasteiger partial charge in [-0.25, -0.2) is 0 Å². The van der Waals surface area contributed by atoms with E-state index in [1.807, 2.05) is 18.2 Å². The maximum absolute atomic E-state index is 5.33. The third-order valence-corrected chi connectivity index (χ3v) is 3.58. The Kier molecular flexibility index (Phi) is 4.92. The first-order valence-corrected chi connectivity index (χ1v) is 7.99. The lowest BCUT2D eigenvalue weighted by Gasteiger charge is -2.08. The number of nitrogens with zero attached hydrogens (tertiary/aromatic N) is 4. The monoisotopic (exact) mass is 340 g/mol. The molecule has 0 unspecified atom stereocenters. The molecule has 0 radical (unpaired) electrons. The van der Waals surface area contributed by atoms with Crippen LogP contribution in [0.4, 0.5) is 0 Å². The summed E-state index contributed by atoms with van der Waals surface area (Å²) >= 11 is 0. The van der Waals surface area contributed by atoms with Crippen molar-refractivity contribution in [2.75, 3.05) is 14.2 Å². The smallest absolute Gasteiger partial charge is 0.259 e. The van der Waals surface area contributed by atoms with Crippen LogP contribution in [0.25, 0.3) is 22.7 Å². The standard InChI is InChI=1S/C18H20N4O3/c1-11(2)9-15-20-17(25-22-15)12-5-7-14(19-10-12)13-6-8-16(23-3)21-18(13)24-4/h5-8,10-11H,9H2,1-4H3. The number of aromatic nitrogens is 4. The molecule has 0 fully saturated rings. The molecule has 0 amide bonds. The number of rotatable bonds is 6. The first kappa shape index (κ1) is 16.9. The highest BCUT2D eigenvalue weighted by Gasteiger charge is 2.13. The molecule has 0 N–H and O–H groups in total. The van der Waals surface area contributed by atoms with Gasteiger partial charge in [-0.15, -0.1) is 0 Å². The van der Waals surface area contributed by atoms with E-state index in [1.165, 1.54) is 0 Å². The van der Waals surface area contributed by atoms with E-state index < -0.39 is 0 Å². The number of hydrogen-bond donors (Lipinski definition) is 0. The molecule has 0 aliphatic heterocycles. The van der Waals surface area contributed by atoms with Gasteiger partial charge in [-0.2, -0.15) is 9.97 Å². The second kappa shape index (κ2) is 7.29. The zero-order chi connectivity index (χ0) is 17.8. The van der Waals surface area contributed by atoms with Gasteiger partial charge < -0.3 is 14.0 Å². The van der Waals surface area contributed by atoms with E-state index >= 15 is 0 Å². The lowest BCUT2D eigenvalue weighted by atomic mass is 10.1. The van der Waals surface area contributed by atoms with Crippen molar-refractivity contribution in [3.8, 4) is 34.5 Å². The SMILES string of the molecule is COc1ccc(-c2ccc(-c3nc(CC(C)C)no3)cn2)c(OC)n1. The van der Waals surface area contributed by atoms with E-state index in [0.717, 1.165) is 23.2 Å². The van der Waals surface area contributed by atoms with Gasteiger partial charge in [0.2, 0.25) is 11.8 Å². The van der Waals surface area contributed by atoms with Crippen molar-refractivity contribution >= 4 is 0 Å². The van der Waals surface area contributed by atoms with Crippen molar-refractivity contribution in [1.29, 1.82) is 0 Å². The van der Waals surface area contributed by atoms with Crippen LogP contribution >= 0.6 is 0 Å². The molecule has 3 heterocycles. The highest BCUT2D eigenvalue weighted by atomic mass is 16.5. The second-order valence-electron chi connectivity index (χ2n) is 5.96. The summed E-state index contributed by atoms with van der Waals surface area (Å²) in [5.41, 5.74) is 2.28. The summed E-state index contributed by atoms with van der Waals surface area (Å²) in [6, 6.07) is 7.39. The molecule has 7 heteroatoms. The maximum Gasteiger partial charge on any atom is 0.259 e. The van der Waals surface area contributed by atoms with Crippen LogP contribution in [-0.4, -0.2) is 34.3 Å². The highest BCUT2D eigenvalue weighted by Crippen LogP contribution is 2.30. The van der Waals surface area contributed by atoms with Crippen LogP contribution < -0.4 is 9.47 Å². The third-order valence-electron chi connectivity index (χ3n) is 3.58. The first-order chi connectivity index (χ1) is 12.1. The summed E-state index contributed by atoms with van der Waals surface area (Å²) in [5.74, 6) is 2.59. The zero-order valence-corrected chi connectivity index (χ0v) is 14.7. The van der Waals surface area contributed by atoms with Gasteiger partial charge in [0, 0.05) is 18.7 Å². The Labute approximate surface area is 146 Å². The predicted molar refractivity (Wildman–Crippen MR) is 92.4 cm³/mol. The van der Waals surface area contributed by atoms with Crippen LogP contribution in [0.15, 0.2) is 35.0 Å². The molecule has 0 aliphatic rings. The van der Waals surface area contributed by atoms with Gasteiger partial charge in [-0.3, -0.25) is 4.98 Å². The normalized spacial score (nSPS) is 10.9. The summed E-state index contributed by atoms with van der Waals surface area (Å²) in [6.45, 7) is 4.23. The molecule has 0 aromatic carbocycles. The molecule has 0 saturated carbocycles. The highest BCUT2D eigenvalue weighted by molar-refractivity contribution is 5.67. The van der Waals surface area contributed by atoms with E-state index in [-0.39, 0.29) is 0 Å². The van der Waals surface area contributed by atoms with Gasteiger partial charge in [-0.1, -0.05) is 19.0 Å². The maximum atomic E-state index is 5.33. The topological polar surface area (TPSA) is 83.2 Å². The van der Waals surface area contributed by atoms with Crippen LogP contribution in [0.3, 0.4) is 0 Å². The molecule has 3 aromatic heterocycles. The Morgan fingerprint density at radius 3 is 2.52 bits per heavy atom. The molecule has 3 aromatic rings. The van der Waals surface area contributed by atoms with Crippen LogP contribution in [0, 0.1) is 5.92 Å². The predicted octanol–water partition coefficient (Wildman–Crippen LogP) is 3.41. The minimum atomic E-state index is 0.455. The fourth-order valence-electron chi connectivity index (χ4n) is 2.39. The lowest BCUT2D eigenvalue weighted by molar-refractivity contribution is 0.366. The molecule has 130 valence electrons. The van der Waals surface area contributed by atoms with Crippen molar-refractivity contribution in [2.45, 2.75) is 20.3 Å². The summed E-state index contributed by atoms with van der Waals surface area (Å²) in [5, 5.41) is 4.00. The van der Waals surface area contributed by atoms with Crippen molar-refractivity contribution in [3.05, 3.63) is 36.3 Å². The van der Waals surface area contributed by atoms with Crippen molar-refractivity contribution < 1.29 is 14.0 Å². The van der Waals surface area contributed by atoms with Crippen molar-refractivity contribution in [3.63, 3.8) is 0 Å². The largest absolute Gasteiger partial charge is 0.481 e. The van der Waals surface area contributed by atoms with Gasteiger partial charge in [0.05, 0.1) is 31.0 Å². The van der Waals surface area contributed by atoms with E-state index in [2.05, 4.69) is 34.0 Å². The van der Waals surface area contributed by atoms with Crippen LogP contribution in [0.5, 0.6) is 11.8 Å². The third kappa shape index (κ3) is 3.76. The van der Waals surface area contributed by atoms with Gasteiger partial charge >= 0.3 is 0 Å². The quantitative estimate of drug-likeness (QED) is 0.680. The van der Waals surface area contributed by atoms with E-state index in [1.54, 1.807) is 26.5 Å². The molecule has 3 rings (SSSR count). The van der Waals surface area contributed by atoms with Crippen molar-refractivity contribution in [2.24, 2.45) is 5.92 Å². The molecule has 0 saturated heterocycles. The Balaban J connectivity index is 1.86. The number of pyridine rings is 2. The van der Waals surface area contributed by atoms with E-state index in [4.69, 9.17) is 14.0 Å². The van der Waals surface area contributed by atoms with Gasteiger partial charge in [0.25, 0.3) is 5.89 Å². The first-order valence-electron chi connectivity index (χ1n) is 7.99. The summed E-state index contributed by atoms with van der Waals surface area (Å²) in [4.78, 5) is 13.2. The molecule has 7 nitrogen and oxygen atoms in total. The van der Waals surface area contributed by atoms with E-state index in [0.29, 0.717) is 29.4 Å². The minimum absolute atomic E-state index is 0.455. The van der Waals surface area contributed by atoms with Gasteiger partial charge in [0.15, 0.2) is 5.82 Å². The van der Waals surface area contributed by atoms with Crippen molar-refractivity contribution in [1.82, 2.24) is 20.1 Å². The molecule has 0 bridgehead atoms. The molecular weight excluding hydrogens is 320 g/mol. The molecule has 25 heavy (non-hydrogen) atoms. The fourth-order valence-corrected chi connectivity index (χ4v) is 2.39. The fraction of sp³-hybridized carbons (Fsp3) is 0.333. The summed E-state index contributed by atoms with van der Waals surface area (Å²) in [7, 11) is 3.13. The molecular formula is C18H20N4O3. The summed E-state index contributed by atoms with van der Waals surface area (Å²) in [6.07, 6.45) is 2.48. The average molecular weight is 340 g/mol. The Morgan fingerprint density at radius 2 is 1.88 bits per heavy atom. The number of hydrogen-bond acceptors (Lipinski definition) is 7. The van der Waals surface area contributed by atoms with Crippen LogP contribution in [0.1, 0.15) is 19.7 Å². The Morgan fingerprint density at radius 1 is 1.04 bits per heavy atom. The average Bonchev–Trinajstić information content (AvgIpc) is 3.09. The Bertz CT molecular complexity index is 844. The second-order valence-corrected chi connectivity index (χ2v) is 5.96. The minimum Gasteiger partial charge on any atom is -0.481 e. The molecule has 0 atom stereocenters. The van der Waals surface area contributed by atoms with Gasteiger partial charge in [0.1, 0.15) is 0 Å². The molecule has 0 aliphatic carbocycles. The lowest BCUT2D eigenvalue weighted by Crippen LogP contribution is -1.96. The number of ether oxygens (including phenoxy) is 2. The summed E-state index contributed by atoms with van der Waals surface area (Å²) < 4.78 is 15.8. The zero-order valence-electron chi connectivity index (χ0n) is 14.7. The van der Waals surface area contributed by atoms with Gasteiger partial charge in [-0.05, 0) is 24.1 Å².